The number of aliphatic hydroxyl groups excluding tert-OH is 1. The largest absolute Gasteiger partial charge is 0.481 e. The van der Waals surface area contributed by atoms with Crippen molar-refractivity contribution < 1.29 is 96.1 Å². The monoisotopic (exact) mass is 1440 g/mol. The van der Waals surface area contributed by atoms with Crippen LogP contribution in [0.2, 0.25) is 0 Å². The molecule has 0 aromatic heterocycles. The number of amides is 10. The van der Waals surface area contributed by atoms with Gasteiger partial charge in [-0.25, -0.2) is 9.59 Å². The van der Waals surface area contributed by atoms with Gasteiger partial charge in [-0.1, -0.05) is 111 Å². The molecule has 2 aromatic rings. The molecule has 30 nitrogen and oxygen atoms in total. The molecule has 1 saturated heterocycles. The zero-order valence-corrected chi connectivity index (χ0v) is 62.4. The molecule has 0 aliphatic carbocycles. The molecule has 1 aliphatic rings. The minimum absolute atomic E-state index is 0.0491. The van der Waals surface area contributed by atoms with Crippen molar-refractivity contribution in [3.8, 4) is 0 Å². The topological polar surface area (TPSA) is 393 Å². The third-order valence-corrected chi connectivity index (χ3v) is 18.0. The number of aliphatic carboxylic acids is 1. The first-order valence-electron chi connectivity index (χ1n) is 35.5. The summed E-state index contributed by atoms with van der Waals surface area (Å²) in [5.74, 6) is -6.32. The highest BCUT2D eigenvalue weighted by molar-refractivity contribution is 5.98. The Balaban J connectivity index is 1.60. The Morgan fingerprint density at radius 2 is 1.22 bits per heavy atom. The summed E-state index contributed by atoms with van der Waals surface area (Å²) < 4.78 is 44.8. The Kier molecular flexibility index (Phi) is 41.4. The van der Waals surface area contributed by atoms with Crippen molar-refractivity contribution in [1.29, 1.82) is 0 Å². The number of nitrogens with zero attached hydrogens (tertiary/aromatic N) is 3. The van der Waals surface area contributed by atoms with Gasteiger partial charge in [-0.15, -0.1) is 0 Å². The smallest absolute Gasteiger partial charge is 0.410 e. The Morgan fingerprint density at radius 3 is 1.74 bits per heavy atom. The van der Waals surface area contributed by atoms with E-state index in [0.717, 1.165) is 0 Å². The van der Waals surface area contributed by atoms with Crippen LogP contribution in [0.4, 0.5) is 15.3 Å². The summed E-state index contributed by atoms with van der Waals surface area (Å²) in [6.07, 6.45) is -1.24. The Bertz CT molecular complexity index is 2880. The molecule has 2 aromatic carbocycles. The highest BCUT2D eigenvalue weighted by Gasteiger charge is 2.44. The minimum Gasteiger partial charge on any atom is -0.481 e. The summed E-state index contributed by atoms with van der Waals surface area (Å²) >= 11 is 0. The molecular weight excluding hydrogens is 1320 g/mol. The number of likely N-dealkylation sites (tertiary alicyclic amines) is 1. The lowest BCUT2D eigenvalue weighted by Gasteiger charge is -2.41. The van der Waals surface area contributed by atoms with E-state index < -0.39 is 126 Å². The van der Waals surface area contributed by atoms with E-state index in [1.54, 1.807) is 109 Å². The van der Waals surface area contributed by atoms with Crippen molar-refractivity contribution in [2.75, 3.05) is 113 Å². The van der Waals surface area contributed by atoms with Crippen molar-refractivity contribution in [3.63, 3.8) is 0 Å². The molecule has 1 aliphatic heterocycles. The number of likely N-dealkylation sites (N-methyl/N-ethyl adjacent to an activating group) is 2. The normalized spacial score (nSPS) is 16.3. The number of ether oxygens (including phenoxy) is 8. The lowest BCUT2D eigenvalue weighted by Crippen LogP contribution is -2.60. The van der Waals surface area contributed by atoms with Gasteiger partial charge in [0.15, 0.2) is 0 Å². The van der Waals surface area contributed by atoms with Gasteiger partial charge in [0.05, 0.1) is 121 Å². The van der Waals surface area contributed by atoms with Crippen molar-refractivity contribution in [3.05, 3.63) is 65.7 Å². The van der Waals surface area contributed by atoms with Crippen LogP contribution in [0.25, 0.3) is 0 Å². The van der Waals surface area contributed by atoms with Crippen LogP contribution in [0, 0.1) is 29.6 Å². The van der Waals surface area contributed by atoms with Crippen LogP contribution in [0.3, 0.4) is 0 Å². The van der Waals surface area contributed by atoms with Gasteiger partial charge >= 0.3 is 18.1 Å². The molecule has 102 heavy (non-hydrogen) atoms. The number of carbonyl (C=O) groups excluding carboxylic acids is 9. The number of urea groups is 1. The average molecular weight is 1440 g/mol. The molecule has 576 valence electrons. The summed E-state index contributed by atoms with van der Waals surface area (Å²) in [6, 6.07) is 8.68. The van der Waals surface area contributed by atoms with E-state index in [4.69, 9.17) is 48.7 Å². The number of nitrogens with two attached hydrogens (primary N) is 1. The van der Waals surface area contributed by atoms with Crippen LogP contribution in [0.1, 0.15) is 138 Å². The first-order chi connectivity index (χ1) is 48.5. The molecule has 1 heterocycles. The fourth-order valence-electron chi connectivity index (χ4n) is 12.0. The van der Waals surface area contributed by atoms with E-state index in [0.29, 0.717) is 75.7 Å². The first kappa shape index (κ1) is 88.6. The number of primary amides is 1. The SMILES string of the molecule is CCC(C)[C@@H]([C@@H](CC(=O)N1CCC[C@H]1[C@H](OC)[C@@H](C)C(=O)N[C@H](C)[C@@H](O)c1ccccc1)OC)N(C)C(=O)[C@@H](NC(=O)[C@H](C(C)C)N(C)C(=O)OCc1ccc(NC(=O)[C@H](CCCNC(N)=O)NC(=O)[C@@H](NC(=O)CCOCCOCCOCCOCCOCCC(=O)O)C(C)C)cc1)C(C)C. The molecule has 10 amide bonds. The second-order valence-corrected chi connectivity index (χ2v) is 26.8. The number of hydrogen-bond acceptors (Lipinski definition) is 19. The zero-order chi connectivity index (χ0) is 76.0. The van der Waals surface area contributed by atoms with Gasteiger partial charge in [0, 0.05) is 53.5 Å². The third kappa shape index (κ3) is 30.8. The lowest BCUT2D eigenvalue weighted by molar-refractivity contribution is -0.148. The fourth-order valence-corrected chi connectivity index (χ4v) is 12.0. The Hall–Kier alpha value is -7.58. The van der Waals surface area contributed by atoms with Gasteiger partial charge < -0.3 is 95.5 Å². The number of carboxylic acid groups (broad SMARTS) is 1. The van der Waals surface area contributed by atoms with Gasteiger partial charge in [-0.3, -0.25) is 43.3 Å². The highest BCUT2D eigenvalue weighted by Crippen LogP contribution is 2.31. The van der Waals surface area contributed by atoms with E-state index in [2.05, 4.69) is 31.9 Å². The van der Waals surface area contributed by atoms with E-state index in [1.165, 1.54) is 26.2 Å². The van der Waals surface area contributed by atoms with E-state index in [-0.39, 0.29) is 102 Å². The second kappa shape index (κ2) is 47.6. The minimum atomic E-state index is -1.12. The summed E-state index contributed by atoms with van der Waals surface area (Å²) in [5, 5.41) is 36.2. The van der Waals surface area contributed by atoms with Gasteiger partial charge in [0.2, 0.25) is 41.4 Å². The molecule has 0 bridgehead atoms. The number of hydrogen-bond donors (Lipinski definition) is 9. The van der Waals surface area contributed by atoms with Crippen molar-refractivity contribution in [2.45, 2.75) is 188 Å². The summed E-state index contributed by atoms with van der Waals surface area (Å²) in [4.78, 5) is 138. The second-order valence-electron chi connectivity index (χ2n) is 26.8. The first-order valence-corrected chi connectivity index (χ1v) is 35.5. The number of anilines is 1. The number of methoxy groups -OCH3 is 2. The quantitative estimate of drug-likeness (QED) is 0.0411. The predicted molar refractivity (Wildman–Crippen MR) is 380 cm³/mol. The Labute approximate surface area is 601 Å². The van der Waals surface area contributed by atoms with Crippen LogP contribution < -0.4 is 37.6 Å². The van der Waals surface area contributed by atoms with Crippen LogP contribution in [0.15, 0.2) is 54.6 Å². The Morgan fingerprint density at radius 1 is 0.647 bits per heavy atom. The lowest BCUT2D eigenvalue weighted by atomic mass is 9.89. The van der Waals surface area contributed by atoms with Gasteiger partial charge in [-0.05, 0) is 79.5 Å². The summed E-state index contributed by atoms with van der Waals surface area (Å²) in [5.41, 5.74) is 6.78. The van der Waals surface area contributed by atoms with E-state index in [1.807, 2.05) is 32.0 Å². The van der Waals surface area contributed by atoms with Crippen molar-refractivity contribution in [1.82, 2.24) is 41.3 Å². The van der Waals surface area contributed by atoms with Crippen molar-refractivity contribution >= 4 is 65.1 Å². The maximum Gasteiger partial charge on any atom is 0.410 e. The molecule has 3 rings (SSSR count). The maximum absolute atomic E-state index is 14.8. The third-order valence-electron chi connectivity index (χ3n) is 18.0. The standard InChI is InChI=1S/C72H118N10O20/c1-15-48(8)63(56(95-13)43-58(84)82-32-20-24-55(82)65(96-14)49(9)66(88)75-50(10)64(87)52-21-17-16-18-22-52)80(11)70(92)61(46(4)5)79-69(91)62(47(6)7)81(12)72(94)102-44-51-25-27-53(28-26-51)76-67(89)54(23-19-31-74-71(73)93)77-68(90)60(45(2)3)78-57(83)29-33-97-35-37-99-39-41-101-42-40-100-38-36-98-34-30-59(85)86/h16-18,21-22,25-28,45-50,54-56,60-65,87H,15,19-20,23-24,29-44H2,1-14H3,(H,75,88)(H,76,89)(H,77,90)(H,78,83)(H,79,91)(H,85,86)(H3,73,74,93)/t48?,49-,50-,54+,55+,56-,60+,61+,62+,63+,64-,65-/m1/s1. The van der Waals surface area contributed by atoms with Gasteiger partial charge in [-0.2, -0.15) is 0 Å². The highest BCUT2D eigenvalue weighted by atomic mass is 16.6. The molecule has 1 unspecified atom stereocenters. The molecule has 30 heteroatoms. The maximum atomic E-state index is 14.8. The number of carboxylic acids is 1. The number of nitrogens with one attached hydrogen (secondary N) is 6. The number of rotatable bonds is 50. The molecule has 1 fully saturated rings. The molecular formula is C72H118N10O20. The average Bonchev–Trinajstić information content (AvgIpc) is 0.859. The van der Waals surface area contributed by atoms with Crippen LogP contribution in [0.5, 0.6) is 0 Å². The number of carbonyl (C=O) groups is 10. The molecule has 0 radical (unpaired) electrons. The van der Waals surface area contributed by atoms with E-state index >= 15 is 0 Å². The number of aliphatic hydroxyl groups is 1. The van der Waals surface area contributed by atoms with Gasteiger partial charge in [0.25, 0.3) is 0 Å². The summed E-state index contributed by atoms with van der Waals surface area (Å²) in [7, 11) is 6.08. The van der Waals surface area contributed by atoms with Crippen LogP contribution >= 0.6 is 0 Å². The predicted octanol–water partition coefficient (Wildman–Crippen LogP) is 4.54. The zero-order valence-electron chi connectivity index (χ0n) is 62.4. The molecule has 0 spiro atoms. The van der Waals surface area contributed by atoms with Crippen molar-refractivity contribution in [2.24, 2.45) is 35.3 Å². The molecule has 12 atom stereocenters. The molecule has 10 N–H and O–H groups in total. The fraction of sp³-hybridized carbons (Fsp3) is 0.694. The van der Waals surface area contributed by atoms with E-state index in [9.17, 15) is 53.1 Å². The van der Waals surface area contributed by atoms with Gasteiger partial charge in [0.1, 0.15) is 30.8 Å². The molecule has 0 saturated carbocycles. The van der Waals surface area contributed by atoms with Crippen LogP contribution in [-0.4, -0.2) is 246 Å². The summed E-state index contributed by atoms with van der Waals surface area (Å²) in [6.45, 7) is 20.9. The number of benzene rings is 2. The van der Waals surface area contributed by atoms with Crippen LogP contribution in [-0.2, 0) is 82.9 Å².